The third kappa shape index (κ3) is 4.22. The molecule has 1 N–H and O–H groups in total. The molecule has 3 aromatic rings. The molecule has 0 bridgehead atoms. The maximum atomic E-state index is 14.4. The Labute approximate surface area is 163 Å². The summed E-state index contributed by atoms with van der Waals surface area (Å²) in [7, 11) is 0.249. The average molecular weight is 380 g/mol. The standard InChI is InChI=1S/C24H26FOP/c1-4-24(3,27-23-17(2)10-8-15-21(23)25)20-14-9-13-19(22(20)26)16-18-11-6-5-7-12-18/h5-15,26-27H,4,16H2,1-3H3. The molecule has 0 aliphatic carbocycles. The lowest BCUT2D eigenvalue weighted by Gasteiger charge is -2.31. The van der Waals surface area contributed by atoms with Crippen LogP contribution in [0.15, 0.2) is 66.7 Å². The molecule has 0 saturated heterocycles. The first-order valence-corrected chi connectivity index (χ1v) is 10.3. The molecule has 2 unspecified atom stereocenters. The van der Waals surface area contributed by atoms with E-state index < -0.39 is 0 Å². The zero-order chi connectivity index (χ0) is 19.4. The Morgan fingerprint density at radius 3 is 2.33 bits per heavy atom. The maximum Gasteiger partial charge on any atom is 0.130 e. The minimum absolute atomic E-state index is 0.159. The first-order valence-electron chi connectivity index (χ1n) is 9.33. The van der Waals surface area contributed by atoms with Gasteiger partial charge in [0.1, 0.15) is 11.6 Å². The van der Waals surface area contributed by atoms with Gasteiger partial charge in [0, 0.05) is 22.4 Å². The topological polar surface area (TPSA) is 20.2 Å². The van der Waals surface area contributed by atoms with E-state index in [1.165, 1.54) is 6.07 Å². The Morgan fingerprint density at radius 2 is 1.67 bits per heavy atom. The lowest BCUT2D eigenvalue weighted by Crippen LogP contribution is -2.21. The van der Waals surface area contributed by atoms with Crippen molar-refractivity contribution in [2.24, 2.45) is 0 Å². The second kappa shape index (κ2) is 8.23. The van der Waals surface area contributed by atoms with Crippen molar-refractivity contribution >= 4 is 13.9 Å². The van der Waals surface area contributed by atoms with Crippen molar-refractivity contribution in [3.05, 3.63) is 94.8 Å². The van der Waals surface area contributed by atoms with Crippen LogP contribution >= 0.6 is 8.58 Å². The van der Waals surface area contributed by atoms with E-state index in [9.17, 15) is 9.50 Å². The molecule has 140 valence electrons. The smallest absolute Gasteiger partial charge is 0.130 e. The van der Waals surface area contributed by atoms with Crippen LogP contribution in [-0.4, -0.2) is 5.11 Å². The van der Waals surface area contributed by atoms with Crippen LogP contribution in [0, 0.1) is 12.7 Å². The second-order valence-corrected chi connectivity index (χ2v) is 9.07. The molecular weight excluding hydrogens is 354 g/mol. The number of aryl methyl sites for hydroxylation is 1. The summed E-state index contributed by atoms with van der Waals surface area (Å²) in [5.41, 5.74) is 3.94. The van der Waals surface area contributed by atoms with Gasteiger partial charge >= 0.3 is 0 Å². The van der Waals surface area contributed by atoms with Crippen LogP contribution in [0.2, 0.25) is 0 Å². The average Bonchev–Trinajstić information content (AvgIpc) is 2.67. The van der Waals surface area contributed by atoms with Crippen LogP contribution in [0.1, 0.15) is 42.5 Å². The molecule has 27 heavy (non-hydrogen) atoms. The third-order valence-electron chi connectivity index (χ3n) is 5.28. The molecule has 0 aliphatic rings. The minimum Gasteiger partial charge on any atom is -0.507 e. The quantitative estimate of drug-likeness (QED) is 0.515. The van der Waals surface area contributed by atoms with Gasteiger partial charge in [-0.3, -0.25) is 0 Å². The summed E-state index contributed by atoms with van der Waals surface area (Å²) in [6.45, 7) is 6.18. The summed E-state index contributed by atoms with van der Waals surface area (Å²) in [6.07, 6.45) is 1.50. The number of para-hydroxylation sites is 1. The normalized spacial score (nSPS) is 13.8. The molecule has 0 heterocycles. The molecule has 0 amide bonds. The van der Waals surface area contributed by atoms with Gasteiger partial charge in [-0.2, -0.15) is 0 Å². The lowest BCUT2D eigenvalue weighted by atomic mass is 9.92. The highest BCUT2D eigenvalue weighted by Crippen LogP contribution is 2.48. The van der Waals surface area contributed by atoms with Gasteiger partial charge in [-0.1, -0.05) is 83.1 Å². The molecule has 1 nitrogen and oxygen atoms in total. The largest absolute Gasteiger partial charge is 0.507 e. The highest BCUT2D eigenvalue weighted by Gasteiger charge is 2.30. The van der Waals surface area contributed by atoms with Crippen LogP contribution in [-0.2, 0) is 11.6 Å². The minimum atomic E-state index is -0.316. The van der Waals surface area contributed by atoms with Gasteiger partial charge < -0.3 is 5.11 Å². The predicted octanol–water partition coefficient (Wildman–Crippen LogP) is 6.06. The molecule has 0 aliphatic heterocycles. The van der Waals surface area contributed by atoms with Gasteiger partial charge in [0.2, 0.25) is 0 Å². The summed E-state index contributed by atoms with van der Waals surface area (Å²) in [4.78, 5) is 0. The summed E-state index contributed by atoms with van der Waals surface area (Å²) >= 11 is 0. The second-order valence-electron chi connectivity index (χ2n) is 7.22. The zero-order valence-corrected chi connectivity index (χ0v) is 17.1. The molecule has 3 rings (SSSR count). The Bertz CT molecular complexity index is 903. The van der Waals surface area contributed by atoms with Crippen LogP contribution in [0.5, 0.6) is 5.75 Å². The number of phenolic OH excluding ortho intramolecular Hbond substituents is 1. The molecule has 3 heteroatoms. The van der Waals surface area contributed by atoms with Crippen molar-refractivity contribution in [2.75, 3.05) is 0 Å². The number of hydrogen-bond donors (Lipinski definition) is 1. The molecule has 3 aromatic carbocycles. The zero-order valence-electron chi connectivity index (χ0n) is 16.1. The van der Waals surface area contributed by atoms with Gasteiger partial charge in [-0.05, 0) is 36.1 Å². The van der Waals surface area contributed by atoms with Crippen LogP contribution < -0.4 is 5.30 Å². The SMILES string of the molecule is CCC(C)(Pc1c(C)cccc1F)c1cccc(Cc2ccccc2)c1O. The number of halogens is 1. The summed E-state index contributed by atoms with van der Waals surface area (Å²) in [6, 6.07) is 21.3. The van der Waals surface area contributed by atoms with E-state index in [2.05, 4.69) is 26.0 Å². The first-order chi connectivity index (χ1) is 12.9. The van der Waals surface area contributed by atoms with Gasteiger partial charge in [0.15, 0.2) is 0 Å². The van der Waals surface area contributed by atoms with Crippen molar-refractivity contribution in [1.29, 1.82) is 0 Å². The van der Waals surface area contributed by atoms with E-state index in [0.29, 0.717) is 12.2 Å². The summed E-state index contributed by atoms with van der Waals surface area (Å²) in [5, 5.41) is 11.5. The van der Waals surface area contributed by atoms with E-state index in [1.807, 2.05) is 49.4 Å². The highest BCUT2D eigenvalue weighted by molar-refractivity contribution is 7.48. The fourth-order valence-corrected chi connectivity index (χ4v) is 4.96. The number of aromatic hydroxyl groups is 1. The lowest BCUT2D eigenvalue weighted by molar-refractivity contribution is 0.451. The van der Waals surface area contributed by atoms with Crippen LogP contribution in [0.25, 0.3) is 0 Å². The van der Waals surface area contributed by atoms with Gasteiger partial charge in [-0.25, -0.2) is 4.39 Å². The van der Waals surface area contributed by atoms with E-state index in [4.69, 9.17) is 0 Å². The summed E-state index contributed by atoms with van der Waals surface area (Å²) < 4.78 is 14.4. The van der Waals surface area contributed by atoms with E-state index in [1.54, 1.807) is 6.07 Å². The highest BCUT2D eigenvalue weighted by atomic mass is 31.1. The van der Waals surface area contributed by atoms with Crippen molar-refractivity contribution in [3.63, 3.8) is 0 Å². The van der Waals surface area contributed by atoms with Gasteiger partial charge in [-0.15, -0.1) is 0 Å². The van der Waals surface area contributed by atoms with E-state index in [0.717, 1.165) is 34.0 Å². The van der Waals surface area contributed by atoms with Gasteiger partial charge in [0.05, 0.1) is 0 Å². The molecule has 0 fully saturated rings. The number of rotatable bonds is 6. The number of benzene rings is 3. The van der Waals surface area contributed by atoms with Crippen molar-refractivity contribution in [3.8, 4) is 5.75 Å². The van der Waals surface area contributed by atoms with Crippen LogP contribution in [0.3, 0.4) is 0 Å². The van der Waals surface area contributed by atoms with Crippen LogP contribution in [0.4, 0.5) is 4.39 Å². The number of phenols is 1. The fraction of sp³-hybridized carbons (Fsp3) is 0.250. The Hall–Kier alpha value is -2.18. The Kier molecular flexibility index (Phi) is 5.97. The molecule has 0 spiro atoms. The fourth-order valence-electron chi connectivity index (χ4n) is 3.41. The van der Waals surface area contributed by atoms with E-state index in [-0.39, 0.29) is 19.6 Å². The third-order valence-corrected chi connectivity index (χ3v) is 7.34. The first kappa shape index (κ1) is 19.6. The Balaban J connectivity index is 1.98. The predicted molar refractivity (Wildman–Crippen MR) is 114 cm³/mol. The maximum absolute atomic E-state index is 14.4. The molecule has 2 atom stereocenters. The molecule has 0 radical (unpaired) electrons. The summed E-state index contributed by atoms with van der Waals surface area (Å²) in [5.74, 6) is 0.181. The van der Waals surface area contributed by atoms with E-state index >= 15 is 0 Å². The molecular formula is C24H26FOP. The van der Waals surface area contributed by atoms with Crippen molar-refractivity contribution in [2.45, 2.75) is 38.8 Å². The van der Waals surface area contributed by atoms with Crippen molar-refractivity contribution in [1.82, 2.24) is 0 Å². The molecule has 0 saturated carbocycles. The monoisotopic (exact) mass is 380 g/mol. The Morgan fingerprint density at radius 1 is 0.963 bits per heavy atom. The van der Waals surface area contributed by atoms with Crippen molar-refractivity contribution < 1.29 is 9.50 Å². The van der Waals surface area contributed by atoms with Gasteiger partial charge in [0.25, 0.3) is 0 Å². The molecule has 0 aromatic heterocycles. The number of hydrogen-bond acceptors (Lipinski definition) is 1.